The van der Waals surface area contributed by atoms with Crippen molar-refractivity contribution in [1.29, 1.82) is 0 Å². The molecule has 2 nitrogen and oxygen atoms in total. The summed E-state index contributed by atoms with van der Waals surface area (Å²) in [4.78, 5) is 12.1. The number of hydrogen-bond acceptors (Lipinski definition) is 1. The van der Waals surface area contributed by atoms with E-state index in [1.807, 2.05) is 24.3 Å². The molecule has 19 heavy (non-hydrogen) atoms. The second-order valence-corrected chi connectivity index (χ2v) is 7.35. The van der Waals surface area contributed by atoms with Gasteiger partial charge in [0.1, 0.15) is 0 Å². The van der Waals surface area contributed by atoms with E-state index in [0.717, 1.165) is 46.2 Å². The summed E-state index contributed by atoms with van der Waals surface area (Å²) in [6, 6.07) is 7.58. The molecule has 1 aromatic rings. The van der Waals surface area contributed by atoms with Gasteiger partial charge in [0, 0.05) is 16.6 Å². The van der Waals surface area contributed by atoms with Crippen molar-refractivity contribution < 1.29 is 4.79 Å². The molecule has 4 rings (SSSR count). The molecule has 5 unspecified atom stereocenters. The Bertz CT molecular complexity index is 512. The van der Waals surface area contributed by atoms with Gasteiger partial charge in [-0.2, -0.15) is 0 Å². The highest BCUT2D eigenvalue weighted by atomic mass is 79.9. The number of amides is 1. The SMILES string of the molecule is O=C(NCC1CC2CC1C1CC21)c1ccc(Br)cc1. The molecule has 0 heterocycles. The van der Waals surface area contributed by atoms with Crippen LogP contribution in [-0.4, -0.2) is 12.5 Å². The molecule has 0 aromatic heterocycles. The summed E-state index contributed by atoms with van der Waals surface area (Å²) in [5, 5.41) is 3.13. The molecule has 1 N–H and O–H groups in total. The summed E-state index contributed by atoms with van der Waals surface area (Å²) >= 11 is 3.39. The molecule has 0 saturated heterocycles. The maximum Gasteiger partial charge on any atom is 0.251 e. The van der Waals surface area contributed by atoms with Gasteiger partial charge in [-0.25, -0.2) is 0 Å². The summed E-state index contributed by atoms with van der Waals surface area (Å²) in [6.45, 7) is 0.874. The summed E-state index contributed by atoms with van der Waals surface area (Å²) in [5.74, 6) is 4.82. The number of halogens is 1. The van der Waals surface area contributed by atoms with Crippen LogP contribution in [-0.2, 0) is 0 Å². The average Bonchev–Trinajstić information content (AvgIpc) is 3.03. The lowest BCUT2D eigenvalue weighted by Gasteiger charge is -2.21. The van der Waals surface area contributed by atoms with Gasteiger partial charge in [0.2, 0.25) is 0 Å². The molecule has 5 atom stereocenters. The Hall–Kier alpha value is -0.830. The highest BCUT2D eigenvalue weighted by molar-refractivity contribution is 9.10. The molecule has 3 saturated carbocycles. The molecule has 1 amide bonds. The molecule has 3 aliphatic rings. The molecule has 3 heteroatoms. The van der Waals surface area contributed by atoms with Gasteiger partial charge >= 0.3 is 0 Å². The van der Waals surface area contributed by atoms with E-state index in [-0.39, 0.29) is 5.91 Å². The van der Waals surface area contributed by atoms with E-state index in [9.17, 15) is 4.79 Å². The Kier molecular flexibility index (Phi) is 2.73. The zero-order valence-electron chi connectivity index (χ0n) is 10.8. The van der Waals surface area contributed by atoms with E-state index in [0.29, 0.717) is 0 Å². The van der Waals surface area contributed by atoms with Crippen LogP contribution in [0.2, 0.25) is 0 Å². The van der Waals surface area contributed by atoms with Crippen molar-refractivity contribution in [3.05, 3.63) is 34.3 Å². The molecule has 3 fully saturated rings. The number of hydrogen-bond donors (Lipinski definition) is 1. The van der Waals surface area contributed by atoms with Crippen LogP contribution in [0.1, 0.15) is 29.6 Å². The van der Waals surface area contributed by atoms with Crippen LogP contribution in [0.4, 0.5) is 0 Å². The molecule has 2 bridgehead atoms. The summed E-state index contributed by atoms with van der Waals surface area (Å²) < 4.78 is 1.01. The fraction of sp³-hybridized carbons (Fsp3) is 0.562. The van der Waals surface area contributed by atoms with Crippen molar-refractivity contribution in [2.45, 2.75) is 19.3 Å². The van der Waals surface area contributed by atoms with Gasteiger partial charge < -0.3 is 5.32 Å². The topological polar surface area (TPSA) is 29.1 Å². The second kappa shape index (κ2) is 4.34. The van der Waals surface area contributed by atoms with Crippen LogP contribution >= 0.6 is 15.9 Å². The summed E-state index contributed by atoms with van der Waals surface area (Å²) in [6.07, 6.45) is 4.27. The fourth-order valence-corrected chi connectivity index (χ4v) is 4.77. The van der Waals surface area contributed by atoms with Crippen molar-refractivity contribution in [3.8, 4) is 0 Å². The third-order valence-electron chi connectivity index (χ3n) is 5.46. The Morgan fingerprint density at radius 2 is 1.89 bits per heavy atom. The van der Waals surface area contributed by atoms with Crippen LogP contribution in [0.15, 0.2) is 28.7 Å². The largest absolute Gasteiger partial charge is 0.352 e. The number of nitrogens with one attached hydrogen (secondary N) is 1. The standard InChI is InChI=1S/C16H18BrNO/c17-12-3-1-9(2-4-12)16(19)18-8-11-5-10-6-13(11)15-7-14(10)15/h1-4,10-11,13-15H,5-8H2,(H,18,19). The van der Waals surface area contributed by atoms with Crippen molar-refractivity contribution >= 4 is 21.8 Å². The monoisotopic (exact) mass is 319 g/mol. The minimum absolute atomic E-state index is 0.0719. The smallest absolute Gasteiger partial charge is 0.251 e. The zero-order valence-corrected chi connectivity index (χ0v) is 12.4. The van der Waals surface area contributed by atoms with E-state index in [1.54, 1.807) is 0 Å². The first kappa shape index (κ1) is 12.0. The van der Waals surface area contributed by atoms with E-state index in [4.69, 9.17) is 0 Å². The Labute approximate surface area is 122 Å². The minimum Gasteiger partial charge on any atom is -0.352 e. The van der Waals surface area contributed by atoms with Crippen molar-refractivity contribution in [1.82, 2.24) is 5.32 Å². The van der Waals surface area contributed by atoms with E-state index < -0.39 is 0 Å². The van der Waals surface area contributed by atoms with Crippen LogP contribution in [0.5, 0.6) is 0 Å². The molecule has 0 aliphatic heterocycles. The average molecular weight is 320 g/mol. The van der Waals surface area contributed by atoms with Crippen molar-refractivity contribution in [2.75, 3.05) is 6.54 Å². The number of rotatable bonds is 3. The van der Waals surface area contributed by atoms with Crippen molar-refractivity contribution in [3.63, 3.8) is 0 Å². The van der Waals surface area contributed by atoms with Crippen LogP contribution < -0.4 is 5.32 Å². The molecule has 1 aromatic carbocycles. The van der Waals surface area contributed by atoms with Crippen LogP contribution in [0.25, 0.3) is 0 Å². The molecule has 0 spiro atoms. The normalized spacial score (nSPS) is 38.1. The first-order valence-corrected chi connectivity index (χ1v) is 8.05. The Morgan fingerprint density at radius 1 is 1.11 bits per heavy atom. The fourth-order valence-electron chi connectivity index (χ4n) is 4.51. The minimum atomic E-state index is 0.0719. The first-order valence-electron chi connectivity index (χ1n) is 7.26. The number of carbonyl (C=O) groups excluding carboxylic acids is 1. The van der Waals surface area contributed by atoms with E-state index >= 15 is 0 Å². The lowest BCUT2D eigenvalue weighted by atomic mass is 9.88. The molecular formula is C16H18BrNO. The number of fused-ring (bicyclic) bond motifs is 5. The Balaban J connectivity index is 1.35. The number of benzene rings is 1. The van der Waals surface area contributed by atoms with Gasteiger partial charge in [-0.1, -0.05) is 15.9 Å². The lowest BCUT2D eigenvalue weighted by Crippen LogP contribution is -2.32. The lowest BCUT2D eigenvalue weighted by molar-refractivity contribution is 0.0941. The predicted octanol–water partition coefficient (Wildman–Crippen LogP) is 3.47. The predicted molar refractivity (Wildman–Crippen MR) is 77.8 cm³/mol. The van der Waals surface area contributed by atoms with Gasteiger partial charge in [-0.05, 0) is 73.1 Å². The first-order chi connectivity index (χ1) is 9.22. The molecule has 3 aliphatic carbocycles. The van der Waals surface area contributed by atoms with Crippen molar-refractivity contribution in [2.24, 2.45) is 29.6 Å². The highest BCUT2D eigenvalue weighted by Crippen LogP contribution is 2.67. The molecule has 100 valence electrons. The van der Waals surface area contributed by atoms with E-state index in [2.05, 4.69) is 21.2 Å². The summed E-state index contributed by atoms with van der Waals surface area (Å²) in [5.41, 5.74) is 0.760. The number of carbonyl (C=O) groups is 1. The third-order valence-corrected chi connectivity index (χ3v) is 5.99. The quantitative estimate of drug-likeness (QED) is 0.908. The van der Waals surface area contributed by atoms with Gasteiger partial charge in [0.05, 0.1) is 0 Å². The van der Waals surface area contributed by atoms with Gasteiger partial charge in [0.15, 0.2) is 0 Å². The van der Waals surface area contributed by atoms with Crippen LogP contribution in [0.3, 0.4) is 0 Å². The molecule has 0 radical (unpaired) electrons. The van der Waals surface area contributed by atoms with E-state index in [1.165, 1.54) is 19.3 Å². The zero-order chi connectivity index (χ0) is 13.0. The maximum absolute atomic E-state index is 12.1. The van der Waals surface area contributed by atoms with Gasteiger partial charge in [-0.3, -0.25) is 4.79 Å². The summed E-state index contributed by atoms with van der Waals surface area (Å²) in [7, 11) is 0. The third kappa shape index (κ3) is 2.03. The Morgan fingerprint density at radius 3 is 2.58 bits per heavy atom. The maximum atomic E-state index is 12.1. The second-order valence-electron chi connectivity index (χ2n) is 6.44. The van der Waals surface area contributed by atoms with Gasteiger partial charge in [-0.15, -0.1) is 0 Å². The molecular weight excluding hydrogens is 302 g/mol. The van der Waals surface area contributed by atoms with Crippen LogP contribution in [0, 0.1) is 29.6 Å². The van der Waals surface area contributed by atoms with Gasteiger partial charge in [0.25, 0.3) is 5.91 Å². The highest BCUT2D eigenvalue weighted by Gasteiger charge is 2.60.